The van der Waals surface area contributed by atoms with E-state index in [2.05, 4.69) is 5.32 Å². The summed E-state index contributed by atoms with van der Waals surface area (Å²) in [6.07, 6.45) is 1.65. The number of nitrogens with one attached hydrogen (secondary N) is 1. The Morgan fingerprint density at radius 2 is 1.96 bits per heavy atom. The lowest BCUT2D eigenvalue weighted by Crippen LogP contribution is -2.30. The second-order valence-corrected chi connectivity index (χ2v) is 5.28. The van der Waals surface area contributed by atoms with E-state index in [1.165, 1.54) is 24.1 Å². The smallest absolute Gasteiger partial charge is 0.281 e. The summed E-state index contributed by atoms with van der Waals surface area (Å²) >= 11 is 5.26. The van der Waals surface area contributed by atoms with Crippen LogP contribution in [0, 0.1) is 0 Å². The van der Waals surface area contributed by atoms with E-state index >= 15 is 0 Å². The van der Waals surface area contributed by atoms with Crippen LogP contribution in [-0.2, 0) is 4.79 Å². The van der Waals surface area contributed by atoms with E-state index in [9.17, 15) is 9.90 Å². The number of carbonyl (C=O) groups excluding carboxylic acids is 1. The van der Waals surface area contributed by atoms with Gasteiger partial charge in [0.2, 0.25) is 0 Å². The molecule has 1 fully saturated rings. The van der Waals surface area contributed by atoms with Crippen LogP contribution >= 0.6 is 12.2 Å². The van der Waals surface area contributed by atoms with E-state index in [0.29, 0.717) is 27.8 Å². The van der Waals surface area contributed by atoms with Gasteiger partial charge in [-0.15, -0.1) is 0 Å². The van der Waals surface area contributed by atoms with Crippen molar-refractivity contribution in [2.45, 2.75) is 0 Å². The molecule has 2 N–H and O–H groups in total. The molecule has 23 heavy (non-hydrogen) atoms. The molecule has 6 heteroatoms. The van der Waals surface area contributed by atoms with Gasteiger partial charge in [-0.2, -0.15) is 0 Å². The van der Waals surface area contributed by atoms with Crippen molar-refractivity contribution in [3.8, 4) is 11.5 Å². The Kier molecular flexibility index (Phi) is 3.99. The fourth-order valence-corrected chi connectivity index (χ4v) is 2.62. The molecule has 1 aliphatic rings. The maximum absolute atomic E-state index is 12.6. The van der Waals surface area contributed by atoms with Gasteiger partial charge in [0.15, 0.2) is 5.11 Å². The minimum absolute atomic E-state index is 0.0936. The SMILES string of the molecule is COc1cc(O)ccc1/C=C1/NC(=S)N(c2ccccc2)C1=O. The van der Waals surface area contributed by atoms with Crippen LogP contribution in [0.2, 0.25) is 0 Å². The molecule has 0 aromatic heterocycles. The quantitative estimate of drug-likeness (QED) is 0.671. The largest absolute Gasteiger partial charge is 0.508 e. The minimum atomic E-state index is -0.240. The third-order valence-electron chi connectivity index (χ3n) is 3.41. The van der Waals surface area contributed by atoms with Crippen LogP contribution in [0.25, 0.3) is 6.08 Å². The summed E-state index contributed by atoms with van der Waals surface area (Å²) in [4.78, 5) is 14.0. The van der Waals surface area contributed by atoms with Gasteiger partial charge in [0.25, 0.3) is 5.91 Å². The Balaban J connectivity index is 1.96. The zero-order valence-electron chi connectivity index (χ0n) is 12.3. The molecular formula is C17H14N2O3S. The molecular weight excluding hydrogens is 312 g/mol. The molecule has 2 aromatic carbocycles. The number of phenolic OH excluding ortho intramolecular Hbond substituents is 1. The monoisotopic (exact) mass is 326 g/mol. The number of thiocarbonyl (C=S) groups is 1. The van der Waals surface area contributed by atoms with Gasteiger partial charge in [0.05, 0.1) is 12.8 Å². The lowest BCUT2D eigenvalue weighted by Gasteiger charge is -2.13. The molecule has 0 bridgehead atoms. The second-order valence-electron chi connectivity index (χ2n) is 4.89. The van der Waals surface area contributed by atoms with Crippen LogP contribution < -0.4 is 15.0 Å². The van der Waals surface area contributed by atoms with Crippen molar-refractivity contribution in [2.24, 2.45) is 0 Å². The predicted octanol–water partition coefficient (Wildman–Crippen LogP) is 2.66. The summed E-state index contributed by atoms with van der Waals surface area (Å²) in [5.41, 5.74) is 1.72. The molecule has 1 saturated heterocycles. The third-order valence-corrected chi connectivity index (χ3v) is 3.69. The van der Waals surface area contributed by atoms with Gasteiger partial charge in [-0.05, 0) is 42.6 Å². The molecule has 1 amide bonds. The van der Waals surface area contributed by atoms with Gasteiger partial charge in [0, 0.05) is 11.6 Å². The normalized spacial score (nSPS) is 15.9. The first-order chi connectivity index (χ1) is 11.1. The maximum atomic E-state index is 12.6. The van der Waals surface area contributed by atoms with E-state index in [4.69, 9.17) is 17.0 Å². The number of para-hydroxylation sites is 1. The number of hydrogen-bond acceptors (Lipinski definition) is 4. The first-order valence-corrected chi connectivity index (χ1v) is 7.30. The Morgan fingerprint density at radius 1 is 1.22 bits per heavy atom. The van der Waals surface area contributed by atoms with Crippen LogP contribution in [0.15, 0.2) is 54.2 Å². The summed E-state index contributed by atoms with van der Waals surface area (Å²) < 4.78 is 5.22. The van der Waals surface area contributed by atoms with Gasteiger partial charge in [-0.1, -0.05) is 18.2 Å². The molecule has 3 rings (SSSR count). The lowest BCUT2D eigenvalue weighted by molar-refractivity contribution is -0.113. The van der Waals surface area contributed by atoms with Crippen molar-refractivity contribution < 1.29 is 14.6 Å². The van der Waals surface area contributed by atoms with Crippen molar-refractivity contribution in [3.63, 3.8) is 0 Å². The maximum Gasteiger partial charge on any atom is 0.281 e. The van der Waals surface area contributed by atoms with E-state index in [0.717, 1.165) is 0 Å². The summed E-state index contributed by atoms with van der Waals surface area (Å²) in [7, 11) is 1.50. The Hall–Kier alpha value is -2.86. The number of nitrogens with zero attached hydrogens (tertiary/aromatic N) is 1. The number of rotatable bonds is 3. The van der Waals surface area contributed by atoms with Crippen LogP contribution in [0.4, 0.5) is 5.69 Å². The molecule has 116 valence electrons. The molecule has 0 atom stereocenters. The first-order valence-electron chi connectivity index (χ1n) is 6.89. The average Bonchev–Trinajstić information content (AvgIpc) is 2.84. The number of phenols is 1. The Bertz CT molecular complexity index is 803. The number of methoxy groups -OCH3 is 1. The van der Waals surface area contributed by atoms with Gasteiger partial charge >= 0.3 is 0 Å². The van der Waals surface area contributed by atoms with E-state index in [1.54, 1.807) is 12.1 Å². The summed E-state index contributed by atoms with van der Waals surface area (Å²) in [6.45, 7) is 0. The number of hydrogen-bond donors (Lipinski definition) is 2. The van der Waals surface area contributed by atoms with Crippen LogP contribution in [0.1, 0.15) is 5.56 Å². The summed E-state index contributed by atoms with van der Waals surface area (Å²) in [5.74, 6) is 0.323. The number of ether oxygens (including phenoxy) is 1. The van der Waals surface area contributed by atoms with Gasteiger partial charge < -0.3 is 15.2 Å². The van der Waals surface area contributed by atoms with Gasteiger partial charge in [0.1, 0.15) is 17.2 Å². The van der Waals surface area contributed by atoms with E-state index in [-0.39, 0.29) is 11.7 Å². The van der Waals surface area contributed by atoms with Gasteiger partial charge in [-0.3, -0.25) is 9.69 Å². The summed E-state index contributed by atoms with van der Waals surface area (Å²) in [5, 5.41) is 12.7. The number of amides is 1. The lowest BCUT2D eigenvalue weighted by atomic mass is 10.1. The highest BCUT2D eigenvalue weighted by molar-refractivity contribution is 7.80. The molecule has 0 saturated carbocycles. The number of aromatic hydroxyl groups is 1. The van der Waals surface area contributed by atoms with Crippen LogP contribution in [0.5, 0.6) is 11.5 Å². The predicted molar refractivity (Wildman–Crippen MR) is 92.3 cm³/mol. The molecule has 2 aromatic rings. The highest BCUT2D eigenvalue weighted by Crippen LogP contribution is 2.28. The fourth-order valence-electron chi connectivity index (χ4n) is 2.32. The summed E-state index contributed by atoms with van der Waals surface area (Å²) in [6, 6.07) is 13.9. The van der Waals surface area contributed by atoms with Crippen molar-refractivity contribution >= 4 is 35.0 Å². The van der Waals surface area contributed by atoms with Crippen LogP contribution in [0.3, 0.4) is 0 Å². The second kappa shape index (κ2) is 6.10. The van der Waals surface area contributed by atoms with Crippen molar-refractivity contribution in [3.05, 3.63) is 59.8 Å². The molecule has 1 heterocycles. The minimum Gasteiger partial charge on any atom is -0.508 e. The molecule has 5 nitrogen and oxygen atoms in total. The Labute approximate surface area is 138 Å². The highest BCUT2D eigenvalue weighted by Gasteiger charge is 2.31. The average molecular weight is 326 g/mol. The van der Waals surface area contributed by atoms with Crippen LogP contribution in [-0.4, -0.2) is 23.2 Å². The third kappa shape index (κ3) is 2.89. The van der Waals surface area contributed by atoms with E-state index < -0.39 is 0 Å². The molecule has 0 aliphatic carbocycles. The van der Waals surface area contributed by atoms with E-state index in [1.807, 2.05) is 30.3 Å². The molecule has 1 aliphatic heterocycles. The topological polar surface area (TPSA) is 61.8 Å². The van der Waals surface area contributed by atoms with Crippen molar-refractivity contribution in [2.75, 3.05) is 12.0 Å². The zero-order chi connectivity index (χ0) is 16.4. The molecule has 0 radical (unpaired) electrons. The highest BCUT2D eigenvalue weighted by atomic mass is 32.1. The fraction of sp³-hybridized carbons (Fsp3) is 0.0588. The van der Waals surface area contributed by atoms with Crippen molar-refractivity contribution in [1.82, 2.24) is 5.32 Å². The van der Waals surface area contributed by atoms with Gasteiger partial charge in [-0.25, -0.2) is 0 Å². The number of benzene rings is 2. The molecule has 0 spiro atoms. The number of carbonyl (C=O) groups is 1. The number of anilines is 1. The first kappa shape index (κ1) is 15.1. The standard InChI is InChI=1S/C17H14N2O3S/c1-22-15-10-13(20)8-7-11(15)9-14-16(21)19(17(23)18-14)12-5-3-2-4-6-12/h2-10,20H,1H3,(H,18,23)/b14-9+. The Morgan fingerprint density at radius 3 is 2.65 bits per heavy atom. The van der Waals surface area contributed by atoms with Crippen molar-refractivity contribution in [1.29, 1.82) is 0 Å². The zero-order valence-corrected chi connectivity index (χ0v) is 13.1. The molecule has 0 unspecified atom stereocenters.